The number of hydrogen-bond donors (Lipinski definition) is 0. The van der Waals surface area contributed by atoms with Crippen molar-refractivity contribution in [2.45, 2.75) is 33.1 Å². The van der Waals surface area contributed by atoms with Gasteiger partial charge < -0.3 is 4.74 Å². The molecule has 5 heteroatoms. The molecule has 23 heavy (non-hydrogen) atoms. The van der Waals surface area contributed by atoms with Gasteiger partial charge in [-0.15, -0.1) is 11.3 Å². The minimum Gasteiger partial charge on any atom is -0.493 e. The second kappa shape index (κ2) is 6.43. The molecule has 0 unspecified atom stereocenters. The van der Waals surface area contributed by atoms with E-state index < -0.39 is 0 Å². The predicted octanol–water partition coefficient (Wildman–Crippen LogP) is 4.65. The van der Waals surface area contributed by atoms with Crippen LogP contribution in [0, 0.1) is 11.3 Å². The van der Waals surface area contributed by atoms with Gasteiger partial charge in [0.2, 0.25) is 0 Å². The normalized spacial score (nSPS) is 11.1. The summed E-state index contributed by atoms with van der Waals surface area (Å²) in [4.78, 5) is 5.67. The topological polar surface area (TPSA) is 50.3 Å². The fourth-order valence-electron chi connectivity index (χ4n) is 2.79. The Kier molecular flexibility index (Phi) is 4.35. The number of thiazole rings is 1. The SMILES string of the molecule is CCOc1ccccc1-c1csc2nc(C(C)C)c(CC#N)n12. The Morgan fingerprint density at radius 1 is 1.35 bits per heavy atom. The highest BCUT2D eigenvalue weighted by Crippen LogP contribution is 2.35. The Morgan fingerprint density at radius 2 is 2.13 bits per heavy atom. The molecule has 2 aromatic heterocycles. The van der Waals surface area contributed by atoms with Gasteiger partial charge in [0, 0.05) is 10.9 Å². The molecule has 1 aromatic carbocycles. The molecule has 0 atom stereocenters. The molecule has 3 rings (SSSR count). The fraction of sp³-hybridized carbons (Fsp3) is 0.333. The maximum absolute atomic E-state index is 9.23. The Labute approximate surface area is 140 Å². The second-order valence-electron chi connectivity index (χ2n) is 5.60. The third kappa shape index (κ3) is 2.71. The van der Waals surface area contributed by atoms with E-state index >= 15 is 0 Å². The van der Waals surface area contributed by atoms with E-state index in [1.165, 1.54) is 0 Å². The number of ether oxygens (including phenoxy) is 1. The first-order valence-corrected chi connectivity index (χ1v) is 8.63. The molecule has 4 nitrogen and oxygen atoms in total. The maximum atomic E-state index is 9.23. The van der Waals surface area contributed by atoms with Crippen molar-refractivity contribution in [1.82, 2.24) is 9.38 Å². The highest BCUT2D eigenvalue weighted by atomic mass is 32.1. The van der Waals surface area contributed by atoms with Crippen LogP contribution in [0.3, 0.4) is 0 Å². The van der Waals surface area contributed by atoms with Crippen LogP contribution < -0.4 is 4.74 Å². The van der Waals surface area contributed by atoms with E-state index in [1.54, 1.807) is 11.3 Å². The van der Waals surface area contributed by atoms with Crippen LogP contribution in [0.25, 0.3) is 16.2 Å². The van der Waals surface area contributed by atoms with Gasteiger partial charge in [-0.25, -0.2) is 4.98 Å². The molecule has 0 aliphatic heterocycles. The van der Waals surface area contributed by atoms with Crippen molar-refractivity contribution in [1.29, 1.82) is 5.26 Å². The molecule has 0 N–H and O–H groups in total. The molecular formula is C18H19N3OS. The molecule has 0 amide bonds. The zero-order valence-electron chi connectivity index (χ0n) is 13.5. The number of rotatable bonds is 5. The highest BCUT2D eigenvalue weighted by molar-refractivity contribution is 7.15. The van der Waals surface area contributed by atoms with E-state index in [9.17, 15) is 5.26 Å². The number of para-hydroxylation sites is 1. The summed E-state index contributed by atoms with van der Waals surface area (Å²) in [6.45, 7) is 6.83. The molecule has 0 radical (unpaired) electrons. The van der Waals surface area contributed by atoms with E-state index in [2.05, 4.69) is 35.8 Å². The van der Waals surface area contributed by atoms with Crippen LogP contribution in [0.4, 0.5) is 0 Å². The number of benzene rings is 1. The largest absolute Gasteiger partial charge is 0.493 e. The lowest BCUT2D eigenvalue weighted by Gasteiger charge is -2.11. The van der Waals surface area contributed by atoms with Gasteiger partial charge in [0.05, 0.1) is 36.2 Å². The van der Waals surface area contributed by atoms with Crippen LogP contribution in [0.1, 0.15) is 38.1 Å². The van der Waals surface area contributed by atoms with Crippen molar-refractivity contribution in [2.75, 3.05) is 6.61 Å². The first-order valence-electron chi connectivity index (χ1n) is 7.75. The molecule has 3 aromatic rings. The minimum absolute atomic E-state index is 0.292. The van der Waals surface area contributed by atoms with E-state index in [4.69, 9.17) is 9.72 Å². The predicted molar refractivity (Wildman–Crippen MR) is 93.1 cm³/mol. The lowest BCUT2D eigenvalue weighted by molar-refractivity contribution is 0.341. The van der Waals surface area contributed by atoms with Gasteiger partial charge in [0.25, 0.3) is 0 Å². The third-order valence-corrected chi connectivity index (χ3v) is 4.57. The fourth-order valence-corrected chi connectivity index (χ4v) is 3.70. The molecule has 2 heterocycles. The molecule has 0 bridgehead atoms. The summed E-state index contributed by atoms with van der Waals surface area (Å²) in [5.41, 5.74) is 4.07. The summed E-state index contributed by atoms with van der Waals surface area (Å²) in [6.07, 6.45) is 0.356. The number of nitrogens with zero attached hydrogens (tertiary/aromatic N) is 3. The van der Waals surface area contributed by atoms with Crippen molar-refractivity contribution >= 4 is 16.3 Å². The number of aromatic nitrogens is 2. The zero-order chi connectivity index (χ0) is 16.4. The minimum atomic E-state index is 0.292. The number of nitriles is 1. The monoisotopic (exact) mass is 325 g/mol. The van der Waals surface area contributed by atoms with Crippen molar-refractivity contribution in [3.8, 4) is 23.1 Å². The van der Waals surface area contributed by atoms with E-state index in [1.807, 2.05) is 25.1 Å². The standard InChI is InChI=1S/C18H19N3OS/c1-4-22-16-8-6-5-7-13(16)15-11-23-18-20-17(12(2)3)14(9-10-19)21(15)18/h5-8,11-12H,4,9H2,1-3H3. The average molecular weight is 325 g/mol. The number of fused-ring (bicyclic) bond motifs is 1. The Balaban J connectivity index is 2.25. The van der Waals surface area contributed by atoms with Gasteiger partial charge in [-0.3, -0.25) is 4.40 Å². The first kappa shape index (κ1) is 15.6. The average Bonchev–Trinajstić information content (AvgIpc) is 3.09. The highest BCUT2D eigenvalue weighted by Gasteiger charge is 2.20. The van der Waals surface area contributed by atoms with Crippen LogP contribution in [-0.4, -0.2) is 16.0 Å². The Hall–Kier alpha value is -2.32. The molecule has 118 valence electrons. The van der Waals surface area contributed by atoms with E-state index in [-0.39, 0.29) is 0 Å². The molecular weight excluding hydrogens is 306 g/mol. The summed E-state index contributed by atoms with van der Waals surface area (Å²) in [5.74, 6) is 1.15. The van der Waals surface area contributed by atoms with Crippen LogP contribution in [-0.2, 0) is 6.42 Å². The third-order valence-electron chi connectivity index (χ3n) is 3.75. The van der Waals surface area contributed by atoms with Gasteiger partial charge in [-0.05, 0) is 25.0 Å². The van der Waals surface area contributed by atoms with Crippen molar-refractivity contribution in [2.24, 2.45) is 0 Å². The first-order chi connectivity index (χ1) is 11.2. The van der Waals surface area contributed by atoms with Gasteiger partial charge in [-0.2, -0.15) is 5.26 Å². The van der Waals surface area contributed by atoms with Gasteiger partial charge in [-0.1, -0.05) is 26.0 Å². The zero-order valence-corrected chi connectivity index (χ0v) is 14.4. The summed E-state index contributed by atoms with van der Waals surface area (Å²) >= 11 is 1.60. The maximum Gasteiger partial charge on any atom is 0.194 e. The summed E-state index contributed by atoms with van der Waals surface area (Å²) in [5, 5.41) is 11.3. The number of imidazole rings is 1. The lowest BCUT2D eigenvalue weighted by atomic mass is 10.1. The molecule has 0 fully saturated rings. The number of hydrogen-bond acceptors (Lipinski definition) is 4. The van der Waals surface area contributed by atoms with E-state index in [0.29, 0.717) is 18.9 Å². The smallest absolute Gasteiger partial charge is 0.194 e. The molecule has 0 saturated carbocycles. The van der Waals surface area contributed by atoms with Crippen molar-refractivity contribution in [3.05, 3.63) is 41.0 Å². The van der Waals surface area contributed by atoms with Crippen LogP contribution in [0.15, 0.2) is 29.6 Å². The van der Waals surface area contributed by atoms with E-state index in [0.717, 1.165) is 33.4 Å². The lowest BCUT2D eigenvalue weighted by Crippen LogP contribution is -2.00. The molecule has 0 aliphatic rings. The van der Waals surface area contributed by atoms with Gasteiger partial charge >= 0.3 is 0 Å². The summed E-state index contributed by atoms with van der Waals surface area (Å²) < 4.78 is 7.88. The molecule has 0 aliphatic carbocycles. The summed E-state index contributed by atoms with van der Waals surface area (Å²) in [6, 6.07) is 10.3. The summed E-state index contributed by atoms with van der Waals surface area (Å²) in [7, 11) is 0. The Bertz CT molecular complexity index is 870. The second-order valence-corrected chi connectivity index (χ2v) is 6.44. The van der Waals surface area contributed by atoms with Crippen LogP contribution in [0.2, 0.25) is 0 Å². The van der Waals surface area contributed by atoms with Crippen molar-refractivity contribution < 1.29 is 4.74 Å². The molecule has 0 saturated heterocycles. The van der Waals surface area contributed by atoms with Gasteiger partial charge in [0.1, 0.15) is 5.75 Å². The van der Waals surface area contributed by atoms with Crippen molar-refractivity contribution in [3.63, 3.8) is 0 Å². The van der Waals surface area contributed by atoms with Crippen LogP contribution in [0.5, 0.6) is 5.75 Å². The Morgan fingerprint density at radius 3 is 2.83 bits per heavy atom. The quantitative estimate of drug-likeness (QED) is 0.686. The molecule has 0 spiro atoms. The van der Waals surface area contributed by atoms with Gasteiger partial charge in [0.15, 0.2) is 4.96 Å². The van der Waals surface area contributed by atoms with Crippen LogP contribution >= 0.6 is 11.3 Å².